The molecule has 4 nitrogen and oxygen atoms in total. The quantitative estimate of drug-likeness (QED) is 0.849. The van der Waals surface area contributed by atoms with Crippen molar-refractivity contribution in [3.63, 3.8) is 0 Å². The fraction of sp³-hybridized carbons (Fsp3) is 0.533. The van der Waals surface area contributed by atoms with Crippen molar-refractivity contribution in [2.45, 2.75) is 37.8 Å². The molecule has 0 saturated heterocycles. The van der Waals surface area contributed by atoms with Gasteiger partial charge in [0.2, 0.25) is 0 Å². The summed E-state index contributed by atoms with van der Waals surface area (Å²) in [5.41, 5.74) is 1.56. The third-order valence-corrected chi connectivity index (χ3v) is 3.66. The fourth-order valence-electron chi connectivity index (χ4n) is 2.53. The van der Waals surface area contributed by atoms with Gasteiger partial charge in [-0.1, -0.05) is 6.07 Å². The van der Waals surface area contributed by atoms with Gasteiger partial charge < -0.3 is 14.8 Å². The minimum Gasteiger partial charge on any atom is -0.465 e. The van der Waals surface area contributed by atoms with Gasteiger partial charge in [0.1, 0.15) is 0 Å². The molecule has 1 N–H and O–H groups in total. The van der Waals surface area contributed by atoms with Crippen LogP contribution in [0.5, 0.6) is 0 Å². The van der Waals surface area contributed by atoms with Crippen LogP contribution in [-0.4, -0.2) is 32.3 Å². The van der Waals surface area contributed by atoms with Crippen LogP contribution < -0.4 is 5.32 Å². The molecule has 1 aliphatic rings. The lowest BCUT2D eigenvalue weighted by Crippen LogP contribution is -2.29. The van der Waals surface area contributed by atoms with Crippen molar-refractivity contribution in [3.8, 4) is 0 Å². The number of anilines is 1. The standard InChI is InChI=1S/C15H21NO3/c1-18-14-8-6-12(7-9-14)16-13-5-3-4-11(10-13)15(17)19-2/h3-5,10,12,14,16H,6-9H2,1-2H3. The van der Waals surface area contributed by atoms with Gasteiger partial charge in [0.25, 0.3) is 0 Å². The maximum Gasteiger partial charge on any atom is 0.337 e. The third kappa shape index (κ3) is 3.70. The summed E-state index contributed by atoms with van der Waals surface area (Å²) in [4.78, 5) is 11.5. The van der Waals surface area contributed by atoms with Gasteiger partial charge in [-0.25, -0.2) is 4.79 Å². The molecule has 1 saturated carbocycles. The predicted octanol–water partition coefficient (Wildman–Crippen LogP) is 2.84. The van der Waals surface area contributed by atoms with Crippen molar-refractivity contribution in [1.29, 1.82) is 0 Å². The summed E-state index contributed by atoms with van der Waals surface area (Å²) in [5.74, 6) is -0.299. The average molecular weight is 263 g/mol. The molecule has 4 heteroatoms. The Kier molecular flexibility index (Phi) is 4.80. The van der Waals surface area contributed by atoms with Crippen LogP contribution in [0.15, 0.2) is 24.3 Å². The van der Waals surface area contributed by atoms with Crippen molar-refractivity contribution in [1.82, 2.24) is 0 Å². The van der Waals surface area contributed by atoms with E-state index in [2.05, 4.69) is 5.32 Å². The Morgan fingerprint density at radius 2 is 1.95 bits per heavy atom. The summed E-state index contributed by atoms with van der Waals surface area (Å²) in [7, 11) is 3.17. The molecule has 0 aliphatic heterocycles. The van der Waals surface area contributed by atoms with Crippen LogP contribution in [0.1, 0.15) is 36.0 Å². The zero-order chi connectivity index (χ0) is 13.7. The first kappa shape index (κ1) is 13.9. The van der Waals surface area contributed by atoms with Gasteiger partial charge in [0.05, 0.1) is 18.8 Å². The van der Waals surface area contributed by atoms with Crippen LogP contribution in [-0.2, 0) is 9.47 Å². The molecule has 0 unspecified atom stereocenters. The summed E-state index contributed by atoms with van der Waals surface area (Å²) >= 11 is 0. The number of rotatable bonds is 4. The molecule has 19 heavy (non-hydrogen) atoms. The molecule has 0 spiro atoms. The first-order valence-electron chi connectivity index (χ1n) is 6.70. The number of nitrogens with one attached hydrogen (secondary N) is 1. The van der Waals surface area contributed by atoms with E-state index in [0.29, 0.717) is 17.7 Å². The van der Waals surface area contributed by atoms with Crippen LogP contribution in [0.4, 0.5) is 5.69 Å². The molecule has 1 fully saturated rings. The molecule has 0 radical (unpaired) electrons. The second-order valence-electron chi connectivity index (χ2n) is 4.93. The van der Waals surface area contributed by atoms with Gasteiger partial charge in [0, 0.05) is 18.8 Å². The van der Waals surface area contributed by atoms with E-state index in [-0.39, 0.29) is 5.97 Å². The van der Waals surface area contributed by atoms with Gasteiger partial charge in [-0.05, 0) is 43.9 Å². The van der Waals surface area contributed by atoms with E-state index in [1.807, 2.05) is 18.2 Å². The van der Waals surface area contributed by atoms with E-state index in [9.17, 15) is 4.79 Å². The molecule has 104 valence electrons. The lowest BCUT2D eigenvalue weighted by molar-refractivity contribution is 0.0601. The van der Waals surface area contributed by atoms with Crippen molar-refractivity contribution < 1.29 is 14.3 Å². The Bertz CT molecular complexity index is 425. The van der Waals surface area contributed by atoms with Crippen molar-refractivity contribution in [2.75, 3.05) is 19.5 Å². The fourth-order valence-corrected chi connectivity index (χ4v) is 2.53. The molecule has 2 rings (SSSR count). The molecule has 0 atom stereocenters. The van der Waals surface area contributed by atoms with Crippen LogP contribution in [0.25, 0.3) is 0 Å². The summed E-state index contributed by atoms with van der Waals surface area (Å²) in [6, 6.07) is 7.91. The molecule has 1 aromatic carbocycles. The smallest absolute Gasteiger partial charge is 0.337 e. The Morgan fingerprint density at radius 3 is 2.58 bits per heavy atom. The lowest BCUT2D eigenvalue weighted by Gasteiger charge is -2.29. The number of esters is 1. The molecule has 0 heterocycles. The summed E-state index contributed by atoms with van der Waals surface area (Å²) in [5, 5.41) is 3.48. The van der Waals surface area contributed by atoms with E-state index in [4.69, 9.17) is 9.47 Å². The van der Waals surface area contributed by atoms with E-state index in [1.54, 1.807) is 13.2 Å². The third-order valence-electron chi connectivity index (χ3n) is 3.66. The molecular formula is C15H21NO3. The average Bonchev–Trinajstić information content (AvgIpc) is 2.47. The van der Waals surface area contributed by atoms with Gasteiger partial charge in [-0.2, -0.15) is 0 Å². The summed E-state index contributed by atoms with van der Waals surface area (Å²) in [6.07, 6.45) is 4.77. The highest BCUT2D eigenvalue weighted by atomic mass is 16.5. The van der Waals surface area contributed by atoms with Gasteiger partial charge >= 0.3 is 5.97 Å². The van der Waals surface area contributed by atoms with E-state index in [1.165, 1.54) is 7.11 Å². The number of ether oxygens (including phenoxy) is 2. The minimum atomic E-state index is -0.299. The molecule has 0 bridgehead atoms. The minimum absolute atomic E-state index is 0.299. The number of hydrogen-bond acceptors (Lipinski definition) is 4. The second kappa shape index (κ2) is 6.57. The maximum atomic E-state index is 11.5. The monoisotopic (exact) mass is 263 g/mol. The number of benzene rings is 1. The predicted molar refractivity (Wildman–Crippen MR) is 74.5 cm³/mol. The molecule has 1 aromatic rings. The van der Waals surface area contributed by atoms with Crippen molar-refractivity contribution in [2.24, 2.45) is 0 Å². The number of carbonyl (C=O) groups excluding carboxylic acids is 1. The maximum absolute atomic E-state index is 11.5. The Labute approximate surface area is 114 Å². The highest BCUT2D eigenvalue weighted by molar-refractivity contribution is 5.90. The van der Waals surface area contributed by atoms with E-state index in [0.717, 1.165) is 31.4 Å². The van der Waals surface area contributed by atoms with Gasteiger partial charge in [-0.3, -0.25) is 0 Å². The SMILES string of the molecule is COC(=O)c1cccc(NC2CCC(OC)CC2)c1. The highest BCUT2D eigenvalue weighted by Crippen LogP contribution is 2.24. The number of methoxy groups -OCH3 is 2. The Balaban J connectivity index is 1.94. The highest BCUT2D eigenvalue weighted by Gasteiger charge is 2.20. The topological polar surface area (TPSA) is 47.6 Å². The molecule has 0 aromatic heterocycles. The summed E-state index contributed by atoms with van der Waals surface area (Å²) < 4.78 is 10.1. The first-order valence-corrected chi connectivity index (χ1v) is 6.70. The Morgan fingerprint density at radius 1 is 1.21 bits per heavy atom. The number of carbonyl (C=O) groups is 1. The lowest BCUT2D eigenvalue weighted by atomic mass is 9.93. The van der Waals surface area contributed by atoms with Crippen LogP contribution in [0, 0.1) is 0 Å². The van der Waals surface area contributed by atoms with E-state index >= 15 is 0 Å². The van der Waals surface area contributed by atoms with Crippen molar-refractivity contribution in [3.05, 3.63) is 29.8 Å². The van der Waals surface area contributed by atoms with Crippen LogP contribution >= 0.6 is 0 Å². The zero-order valence-corrected chi connectivity index (χ0v) is 11.5. The normalized spacial score (nSPS) is 22.8. The largest absolute Gasteiger partial charge is 0.465 e. The zero-order valence-electron chi connectivity index (χ0n) is 11.5. The molecular weight excluding hydrogens is 242 g/mol. The van der Waals surface area contributed by atoms with Crippen LogP contribution in [0.2, 0.25) is 0 Å². The Hall–Kier alpha value is -1.55. The summed E-state index contributed by atoms with van der Waals surface area (Å²) in [6.45, 7) is 0. The first-order chi connectivity index (χ1) is 9.22. The van der Waals surface area contributed by atoms with Gasteiger partial charge in [-0.15, -0.1) is 0 Å². The van der Waals surface area contributed by atoms with Crippen molar-refractivity contribution >= 4 is 11.7 Å². The van der Waals surface area contributed by atoms with Gasteiger partial charge in [0.15, 0.2) is 0 Å². The molecule has 1 aliphatic carbocycles. The second-order valence-corrected chi connectivity index (χ2v) is 4.93. The van der Waals surface area contributed by atoms with Crippen LogP contribution in [0.3, 0.4) is 0 Å². The van der Waals surface area contributed by atoms with E-state index < -0.39 is 0 Å². The number of hydrogen-bond donors (Lipinski definition) is 1. The molecule has 0 amide bonds.